The van der Waals surface area contributed by atoms with Crippen molar-refractivity contribution < 1.29 is 14.7 Å². The number of nitrogens with one attached hydrogen (secondary N) is 1. The molecule has 7 nitrogen and oxygen atoms in total. The fourth-order valence-corrected chi connectivity index (χ4v) is 1.80. The van der Waals surface area contributed by atoms with E-state index in [1.807, 2.05) is 31.2 Å². The highest BCUT2D eigenvalue weighted by molar-refractivity contribution is 5.96. The van der Waals surface area contributed by atoms with E-state index in [0.29, 0.717) is 0 Å². The Morgan fingerprint density at radius 1 is 1.32 bits per heavy atom. The zero-order valence-electron chi connectivity index (χ0n) is 12.7. The molecule has 0 saturated heterocycles. The van der Waals surface area contributed by atoms with Crippen molar-refractivity contribution in [2.24, 2.45) is 0 Å². The number of amides is 1. The highest BCUT2D eigenvalue weighted by atomic mass is 16.4. The third-order valence-electron chi connectivity index (χ3n) is 3.59. The summed E-state index contributed by atoms with van der Waals surface area (Å²) >= 11 is 0. The molecule has 1 unspecified atom stereocenters. The minimum atomic E-state index is -1.33. The number of benzene rings is 1. The number of hydrogen-bond donors (Lipinski definition) is 2. The summed E-state index contributed by atoms with van der Waals surface area (Å²) in [5, 5.41) is 19.4. The van der Waals surface area contributed by atoms with Crippen LogP contribution in [-0.4, -0.2) is 37.5 Å². The zero-order chi connectivity index (χ0) is 16.3. The van der Waals surface area contributed by atoms with Gasteiger partial charge in [0, 0.05) is 0 Å². The fraction of sp³-hybridized carbons (Fsp3) is 0.333. The summed E-state index contributed by atoms with van der Waals surface area (Å²) in [6.07, 6.45) is 1.73. The van der Waals surface area contributed by atoms with Crippen LogP contribution in [0, 0.1) is 6.92 Å². The van der Waals surface area contributed by atoms with Crippen LogP contribution in [0.5, 0.6) is 0 Å². The summed E-state index contributed by atoms with van der Waals surface area (Å²) < 4.78 is 1.47. The van der Waals surface area contributed by atoms with Crippen molar-refractivity contribution in [1.82, 2.24) is 20.3 Å². The van der Waals surface area contributed by atoms with E-state index in [4.69, 9.17) is 0 Å². The molecule has 1 atom stereocenters. The van der Waals surface area contributed by atoms with Crippen LogP contribution < -0.4 is 5.32 Å². The molecule has 0 fully saturated rings. The van der Waals surface area contributed by atoms with Gasteiger partial charge in [0.2, 0.25) is 0 Å². The van der Waals surface area contributed by atoms with Crippen molar-refractivity contribution in [2.75, 3.05) is 0 Å². The zero-order valence-corrected chi connectivity index (χ0v) is 12.7. The topological polar surface area (TPSA) is 97.1 Å². The quantitative estimate of drug-likeness (QED) is 0.873. The summed E-state index contributed by atoms with van der Waals surface area (Å²) in [5.41, 5.74) is 0.627. The number of carbonyl (C=O) groups is 2. The van der Waals surface area contributed by atoms with Crippen molar-refractivity contribution in [3.63, 3.8) is 0 Å². The first-order valence-electron chi connectivity index (χ1n) is 6.91. The molecule has 0 aliphatic heterocycles. The number of rotatable bonds is 5. The lowest BCUT2D eigenvalue weighted by atomic mass is 9.99. The van der Waals surface area contributed by atoms with Gasteiger partial charge in [-0.05, 0) is 32.4 Å². The van der Waals surface area contributed by atoms with Crippen LogP contribution in [0.2, 0.25) is 0 Å². The van der Waals surface area contributed by atoms with Gasteiger partial charge in [-0.15, -0.1) is 5.10 Å². The summed E-state index contributed by atoms with van der Waals surface area (Å²) in [4.78, 5) is 23.4. The van der Waals surface area contributed by atoms with E-state index >= 15 is 0 Å². The number of carboxylic acids is 1. The van der Waals surface area contributed by atoms with Gasteiger partial charge in [-0.1, -0.05) is 29.8 Å². The average Bonchev–Trinajstić information content (AvgIpc) is 2.97. The Hall–Kier alpha value is -2.70. The number of nitrogens with zero attached hydrogens (tertiary/aromatic N) is 3. The predicted molar refractivity (Wildman–Crippen MR) is 79.9 cm³/mol. The first kappa shape index (κ1) is 15.7. The number of carbonyl (C=O) groups excluding carboxylic acids is 1. The van der Waals surface area contributed by atoms with Crippen LogP contribution in [0.15, 0.2) is 30.5 Å². The summed E-state index contributed by atoms with van der Waals surface area (Å²) in [5.74, 6) is -1.65. The van der Waals surface area contributed by atoms with Crippen molar-refractivity contribution in [2.45, 2.75) is 32.7 Å². The van der Waals surface area contributed by atoms with Crippen LogP contribution in [0.1, 0.15) is 36.3 Å². The molecule has 1 aromatic heterocycles. The molecular weight excluding hydrogens is 284 g/mol. The number of aryl methyl sites for hydroxylation is 1. The number of hydrogen-bond acceptors (Lipinski definition) is 4. The molecule has 1 aromatic carbocycles. The SMILES string of the molecule is CCC(C)(NC(=O)c1cn(-c2ccc(C)cc2)nn1)C(=O)O. The van der Waals surface area contributed by atoms with Gasteiger partial charge >= 0.3 is 5.97 Å². The lowest BCUT2D eigenvalue weighted by molar-refractivity contribution is -0.143. The Balaban J connectivity index is 2.19. The first-order chi connectivity index (χ1) is 10.4. The van der Waals surface area contributed by atoms with Crippen LogP contribution in [0.25, 0.3) is 5.69 Å². The van der Waals surface area contributed by atoms with Crippen LogP contribution in [-0.2, 0) is 4.79 Å². The molecule has 116 valence electrons. The Morgan fingerprint density at radius 3 is 2.50 bits per heavy atom. The maximum atomic E-state index is 12.1. The van der Waals surface area contributed by atoms with Gasteiger partial charge in [-0.2, -0.15) is 0 Å². The molecule has 0 aliphatic rings. The van der Waals surface area contributed by atoms with Crippen LogP contribution in [0.3, 0.4) is 0 Å². The lowest BCUT2D eigenvalue weighted by Gasteiger charge is -2.23. The van der Waals surface area contributed by atoms with Gasteiger partial charge in [0.15, 0.2) is 5.69 Å². The fourth-order valence-electron chi connectivity index (χ4n) is 1.80. The van der Waals surface area contributed by atoms with Gasteiger partial charge < -0.3 is 10.4 Å². The summed E-state index contributed by atoms with van der Waals surface area (Å²) in [7, 11) is 0. The molecular formula is C15H18N4O3. The number of aromatic nitrogens is 3. The molecule has 2 aromatic rings. The normalized spacial score (nSPS) is 13.4. The number of carboxylic acid groups (broad SMARTS) is 1. The Morgan fingerprint density at radius 2 is 1.95 bits per heavy atom. The van der Waals surface area contributed by atoms with Gasteiger partial charge in [0.05, 0.1) is 11.9 Å². The van der Waals surface area contributed by atoms with Gasteiger partial charge in [0.1, 0.15) is 5.54 Å². The molecule has 0 aliphatic carbocycles. The molecule has 0 radical (unpaired) electrons. The second kappa shape index (κ2) is 5.97. The second-order valence-electron chi connectivity index (χ2n) is 5.33. The maximum Gasteiger partial charge on any atom is 0.329 e. The van der Waals surface area contributed by atoms with Crippen molar-refractivity contribution >= 4 is 11.9 Å². The third-order valence-corrected chi connectivity index (χ3v) is 3.59. The van der Waals surface area contributed by atoms with Crippen LogP contribution >= 0.6 is 0 Å². The molecule has 0 spiro atoms. The minimum Gasteiger partial charge on any atom is -0.480 e. The molecule has 1 heterocycles. The highest BCUT2D eigenvalue weighted by Gasteiger charge is 2.33. The highest BCUT2D eigenvalue weighted by Crippen LogP contribution is 2.12. The van der Waals surface area contributed by atoms with E-state index in [1.165, 1.54) is 17.8 Å². The van der Waals surface area contributed by atoms with Crippen molar-refractivity contribution in [3.8, 4) is 5.69 Å². The second-order valence-corrected chi connectivity index (χ2v) is 5.33. The Labute approximate surface area is 128 Å². The third kappa shape index (κ3) is 3.13. The van der Waals surface area contributed by atoms with Crippen molar-refractivity contribution in [1.29, 1.82) is 0 Å². The van der Waals surface area contributed by atoms with E-state index in [9.17, 15) is 14.7 Å². The Kier molecular flexibility index (Phi) is 4.25. The lowest BCUT2D eigenvalue weighted by Crippen LogP contribution is -2.51. The largest absolute Gasteiger partial charge is 0.480 e. The maximum absolute atomic E-state index is 12.1. The predicted octanol–water partition coefficient (Wildman–Crippen LogP) is 1.56. The first-order valence-corrected chi connectivity index (χ1v) is 6.91. The van der Waals surface area contributed by atoms with Crippen molar-refractivity contribution in [3.05, 3.63) is 41.7 Å². The monoisotopic (exact) mass is 302 g/mol. The van der Waals surface area contributed by atoms with E-state index in [0.717, 1.165) is 11.3 Å². The van der Waals surface area contributed by atoms with Gasteiger partial charge in [0.25, 0.3) is 5.91 Å². The summed E-state index contributed by atoms with van der Waals surface area (Å²) in [6, 6.07) is 7.57. The Bertz CT molecular complexity index is 693. The standard InChI is InChI=1S/C15H18N4O3/c1-4-15(3,14(21)22)16-13(20)12-9-19(18-17-12)11-7-5-10(2)6-8-11/h5-9H,4H2,1-3H3,(H,16,20)(H,21,22). The molecule has 2 rings (SSSR count). The van der Waals surface area contributed by atoms with E-state index < -0.39 is 17.4 Å². The summed E-state index contributed by atoms with van der Waals surface area (Å²) in [6.45, 7) is 5.12. The van der Waals surface area contributed by atoms with E-state index in [1.54, 1.807) is 6.92 Å². The van der Waals surface area contributed by atoms with E-state index in [2.05, 4.69) is 15.6 Å². The smallest absolute Gasteiger partial charge is 0.329 e. The molecule has 0 saturated carbocycles. The molecule has 2 N–H and O–H groups in total. The average molecular weight is 302 g/mol. The minimum absolute atomic E-state index is 0.0708. The molecule has 22 heavy (non-hydrogen) atoms. The molecule has 0 bridgehead atoms. The van der Waals surface area contributed by atoms with Gasteiger partial charge in [-0.25, -0.2) is 9.48 Å². The molecule has 7 heteroatoms. The van der Waals surface area contributed by atoms with E-state index in [-0.39, 0.29) is 12.1 Å². The molecule has 1 amide bonds. The number of aliphatic carboxylic acids is 1. The van der Waals surface area contributed by atoms with Gasteiger partial charge in [-0.3, -0.25) is 4.79 Å². The van der Waals surface area contributed by atoms with Crippen LogP contribution in [0.4, 0.5) is 0 Å².